The molecule has 0 radical (unpaired) electrons. The highest BCUT2D eigenvalue weighted by molar-refractivity contribution is 9.10. The number of hydrogen-bond donors (Lipinski definition) is 1. The highest BCUT2D eigenvalue weighted by Crippen LogP contribution is 2.22. The van der Waals surface area contributed by atoms with Crippen molar-refractivity contribution in [3.05, 3.63) is 70.0 Å². The molecule has 1 N–H and O–H groups in total. The second-order valence-electron chi connectivity index (χ2n) is 6.86. The number of oxime groups is 1. The van der Waals surface area contributed by atoms with Crippen LogP contribution in [0.1, 0.15) is 23.4 Å². The van der Waals surface area contributed by atoms with Crippen LogP contribution in [0.4, 0.5) is 0 Å². The third-order valence-corrected chi connectivity index (χ3v) is 5.02. The molecular formula is C21H19BrN4O3. The predicted molar refractivity (Wildman–Crippen MR) is 111 cm³/mol. The van der Waals surface area contributed by atoms with Crippen molar-refractivity contribution in [3.8, 4) is 11.4 Å². The van der Waals surface area contributed by atoms with Crippen LogP contribution >= 0.6 is 15.9 Å². The van der Waals surface area contributed by atoms with E-state index in [1.54, 1.807) is 0 Å². The Balaban J connectivity index is 1.29. The Hall–Kier alpha value is -3.00. The van der Waals surface area contributed by atoms with E-state index in [0.717, 1.165) is 15.6 Å². The van der Waals surface area contributed by atoms with Crippen molar-refractivity contribution >= 4 is 27.5 Å². The fourth-order valence-electron chi connectivity index (χ4n) is 2.94. The molecule has 8 heteroatoms. The normalized spacial score (nSPS) is 15.7. The maximum atomic E-state index is 12.3. The van der Waals surface area contributed by atoms with Gasteiger partial charge in [0.2, 0.25) is 11.7 Å². The van der Waals surface area contributed by atoms with Crippen molar-refractivity contribution < 1.29 is 14.2 Å². The van der Waals surface area contributed by atoms with E-state index < -0.39 is 0 Å². The molecule has 0 fully saturated rings. The van der Waals surface area contributed by atoms with Crippen LogP contribution in [0.25, 0.3) is 11.4 Å². The van der Waals surface area contributed by atoms with Crippen molar-refractivity contribution in [2.75, 3.05) is 0 Å². The van der Waals surface area contributed by atoms with E-state index in [-0.39, 0.29) is 12.0 Å². The second-order valence-corrected chi connectivity index (χ2v) is 7.78. The van der Waals surface area contributed by atoms with Crippen LogP contribution < -0.4 is 5.32 Å². The standard InChI is InChI=1S/C21H19BrN4O3/c1-13-5-7-14(8-6-13)12-23-21(27)18-10-17(28-25-18)11-19-24-20(26-29-19)15-3-2-4-16(22)9-15/h2-9,17H,10-12H2,1H3,(H,23,27)/t17-/m0/s1. The number of hydrogen-bond acceptors (Lipinski definition) is 6. The lowest BCUT2D eigenvalue weighted by atomic mass is 10.1. The van der Waals surface area contributed by atoms with Gasteiger partial charge in [0.05, 0.1) is 6.42 Å². The van der Waals surface area contributed by atoms with E-state index in [4.69, 9.17) is 9.36 Å². The van der Waals surface area contributed by atoms with Crippen LogP contribution in [0.3, 0.4) is 0 Å². The van der Waals surface area contributed by atoms with Crippen molar-refractivity contribution in [1.82, 2.24) is 15.5 Å². The topological polar surface area (TPSA) is 89.6 Å². The average molecular weight is 455 g/mol. The first-order valence-corrected chi connectivity index (χ1v) is 10.0. The lowest BCUT2D eigenvalue weighted by molar-refractivity contribution is -0.115. The monoisotopic (exact) mass is 454 g/mol. The molecule has 1 aliphatic rings. The maximum absolute atomic E-state index is 12.3. The highest BCUT2D eigenvalue weighted by Gasteiger charge is 2.28. The van der Waals surface area contributed by atoms with E-state index in [1.807, 2.05) is 55.5 Å². The van der Waals surface area contributed by atoms with Crippen LogP contribution in [-0.2, 0) is 22.6 Å². The van der Waals surface area contributed by atoms with E-state index in [2.05, 4.69) is 36.5 Å². The van der Waals surface area contributed by atoms with E-state index >= 15 is 0 Å². The van der Waals surface area contributed by atoms with Crippen molar-refractivity contribution in [2.24, 2.45) is 5.16 Å². The van der Waals surface area contributed by atoms with Gasteiger partial charge in [0.1, 0.15) is 11.8 Å². The van der Waals surface area contributed by atoms with Crippen LogP contribution in [0.5, 0.6) is 0 Å². The van der Waals surface area contributed by atoms with Gasteiger partial charge in [0, 0.05) is 23.0 Å². The number of carbonyl (C=O) groups is 1. The van der Waals surface area contributed by atoms with Gasteiger partial charge in [-0.1, -0.05) is 68.2 Å². The number of amides is 1. The van der Waals surface area contributed by atoms with Gasteiger partial charge in [0.25, 0.3) is 5.91 Å². The Bertz CT molecular complexity index is 1050. The average Bonchev–Trinajstić information content (AvgIpc) is 3.38. The maximum Gasteiger partial charge on any atom is 0.269 e. The molecule has 0 bridgehead atoms. The summed E-state index contributed by atoms with van der Waals surface area (Å²) in [7, 11) is 0. The molecule has 4 rings (SSSR count). The summed E-state index contributed by atoms with van der Waals surface area (Å²) in [6.07, 6.45) is 0.485. The summed E-state index contributed by atoms with van der Waals surface area (Å²) in [4.78, 5) is 22.1. The molecular weight excluding hydrogens is 436 g/mol. The summed E-state index contributed by atoms with van der Waals surface area (Å²) < 4.78 is 6.26. The zero-order valence-corrected chi connectivity index (χ0v) is 17.3. The van der Waals surface area contributed by atoms with Crippen LogP contribution in [0.15, 0.2) is 62.7 Å². The number of halogens is 1. The first-order chi connectivity index (χ1) is 14.1. The van der Waals surface area contributed by atoms with Gasteiger partial charge in [-0.25, -0.2) is 0 Å². The fourth-order valence-corrected chi connectivity index (χ4v) is 3.34. The van der Waals surface area contributed by atoms with Gasteiger partial charge in [-0.15, -0.1) is 0 Å². The molecule has 7 nitrogen and oxygen atoms in total. The van der Waals surface area contributed by atoms with Crippen LogP contribution in [0.2, 0.25) is 0 Å². The number of benzene rings is 2. The molecule has 148 valence electrons. The Morgan fingerprint density at radius 3 is 2.86 bits per heavy atom. The molecule has 2 heterocycles. The Morgan fingerprint density at radius 2 is 2.07 bits per heavy atom. The Morgan fingerprint density at radius 1 is 1.24 bits per heavy atom. The second kappa shape index (κ2) is 8.57. The van der Waals surface area contributed by atoms with Crippen LogP contribution in [0, 0.1) is 6.92 Å². The summed E-state index contributed by atoms with van der Waals surface area (Å²) >= 11 is 3.43. The zero-order valence-electron chi connectivity index (χ0n) is 15.8. The minimum Gasteiger partial charge on any atom is -0.391 e. The molecule has 0 saturated carbocycles. The summed E-state index contributed by atoms with van der Waals surface area (Å²) in [6.45, 7) is 2.47. The van der Waals surface area contributed by atoms with Gasteiger partial charge < -0.3 is 14.7 Å². The first-order valence-electron chi connectivity index (χ1n) is 9.22. The first kappa shape index (κ1) is 19.3. The zero-order chi connectivity index (χ0) is 20.2. The number of rotatable bonds is 6. The molecule has 29 heavy (non-hydrogen) atoms. The molecule has 0 aliphatic carbocycles. The number of aryl methyl sites for hydroxylation is 1. The van der Waals surface area contributed by atoms with Crippen molar-refractivity contribution in [1.29, 1.82) is 0 Å². The number of nitrogens with zero attached hydrogens (tertiary/aromatic N) is 3. The third-order valence-electron chi connectivity index (χ3n) is 4.52. The fraction of sp³-hybridized carbons (Fsp3) is 0.238. The van der Waals surface area contributed by atoms with E-state index in [1.165, 1.54) is 5.56 Å². The molecule has 1 amide bonds. The van der Waals surface area contributed by atoms with Gasteiger partial charge >= 0.3 is 0 Å². The van der Waals surface area contributed by atoms with Gasteiger partial charge in [0.15, 0.2) is 0 Å². The minimum absolute atomic E-state index is 0.228. The number of aromatic nitrogens is 2. The van der Waals surface area contributed by atoms with Gasteiger partial charge in [-0.05, 0) is 24.6 Å². The summed E-state index contributed by atoms with van der Waals surface area (Å²) in [5, 5.41) is 10.8. The lowest BCUT2D eigenvalue weighted by Crippen LogP contribution is -2.30. The molecule has 0 saturated heterocycles. The SMILES string of the molecule is Cc1ccc(CNC(=O)C2=NO[C@H](Cc3nc(-c4cccc(Br)c4)no3)C2)cc1. The molecule has 3 aromatic rings. The summed E-state index contributed by atoms with van der Waals surface area (Å²) in [5.41, 5.74) is 3.44. The Kier molecular flexibility index (Phi) is 5.71. The van der Waals surface area contributed by atoms with Crippen molar-refractivity contribution in [2.45, 2.75) is 32.4 Å². The van der Waals surface area contributed by atoms with Crippen LogP contribution in [-0.4, -0.2) is 27.9 Å². The van der Waals surface area contributed by atoms with Crippen molar-refractivity contribution in [3.63, 3.8) is 0 Å². The molecule has 1 aromatic heterocycles. The number of carbonyl (C=O) groups excluding carboxylic acids is 1. The quantitative estimate of drug-likeness (QED) is 0.611. The minimum atomic E-state index is -0.300. The van der Waals surface area contributed by atoms with E-state index in [0.29, 0.717) is 36.8 Å². The summed E-state index contributed by atoms with van der Waals surface area (Å²) in [5.74, 6) is 0.728. The number of nitrogens with one attached hydrogen (secondary N) is 1. The smallest absolute Gasteiger partial charge is 0.269 e. The largest absolute Gasteiger partial charge is 0.391 e. The molecule has 0 unspecified atom stereocenters. The van der Waals surface area contributed by atoms with E-state index in [9.17, 15) is 4.79 Å². The van der Waals surface area contributed by atoms with Gasteiger partial charge in [-0.3, -0.25) is 4.79 Å². The Labute approximate surface area is 176 Å². The van der Waals surface area contributed by atoms with Gasteiger partial charge in [-0.2, -0.15) is 4.98 Å². The molecule has 0 spiro atoms. The highest BCUT2D eigenvalue weighted by atomic mass is 79.9. The molecule has 1 aliphatic heterocycles. The third kappa shape index (κ3) is 4.89. The lowest BCUT2D eigenvalue weighted by Gasteiger charge is -2.05. The summed E-state index contributed by atoms with van der Waals surface area (Å²) in [6, 6.07) is 15.7. The predicted octanol–water partition coefficient (Wildman–Crippen LogP) is 3.81. The molecule has 1 atom stereocenters. The molecule has 2 aromatic carbocycles.